The SMILES string of the molecule is COc1ccccc1NC(CO)c1c(F)cccc1F. The summed E-state index contributed by atoms with van der Waals surface area (Å²) in [6.07, 6.45) is 0. The van der Waals surface area contributed by atoms with Crippen LogP contribution in [0.4, 0.5) is 14.5 Å². The van der Waals surface area contributed by atoms with Gasteiger partial charge in [-0.25, -0.2) is 8.78 Å². The van der Waals surface area contributed by atoms with Gasteiger partial charge >= 0.3 is 0 Å². The fraction of sp³-hybridized carbons (Fsp3) is 0.200. The summed E-state index contributed by atoms with van der Waals surface area (Å²) in [5.74, 6) is -0.874. The van der Waals surface area contributed by atoms with Crippen molar-refractivity contribution in [1.29, 1.82) is 0 Å². The third kappa shape index (κ3) is 2.88. The molecule has 106 valence electrons. The Morgan fingerprint density at radius 2 is 1.75 bits per heavy atom. The number of para-hydroxylation sites is 2. The van der Waals surface area contributed by atoms with Crippen LogP contribution in [-0.4, -0.2) is 18.8 Å². The van der Waals surface area contributed by atoms with E-state index in [1.807, 2.05) is 0 Å². The predicted octanol–water partition coefficient (Wildman–Crippen LogP) is 3.12. The molecule has 0 aliphatic rings. The van der Waals surface area contributed by atoms with Gasteiger partial charge in [-0.3, -0.25) is 0 Å². The summed E-state index contributed by atoms with van der Waals surface area (Å²) in [4.78, 5) is 0. The maximum absolute atomic E-state index is 13.8. The van der Waals surface area contributed by atoms with Crippen LogP contribution in [0.25, 0.3) is 0 Å². The second-order valence-corrected chi connectivity index (χ2v) is 4.22. The minimum atomic E-state index is -0.896. The third-order valence-electron chi connectivity index (χ3n) is 2.97. The van der Waals surface area contributed by atoms with Crippen molar-refractivity contribution in [1.82, 2.24) is 0 Å². The second kappa shape index (κ2) is 6.34. The van der Waals surface area contributed by atoms with E-state index in [0.717, 1.165) is 12.1 Å². The highest BCUT2D eigenvalue weighted by molar-refractivity contribution is 5.57. The quantitative estimate of drug-likeness (QED) is 0.883. The summed E-state index contributed by atoms with van der Waals surface area (Å²) in [7, 11) is 1.50. The summed E-state index contributed by atoms with van der Waals surface area (Å²) in [6.45, 7) is -0.449. The van der Waals surface area contributed by atoms with E-state index in [4.69, 9.17) is 4.74 Å². The highest BCUT2D eigenvalue weighted by Gasteiger charge is 2.20. The Hall–Kier alpha value is -2.14. The molecule has 2 N–H and O–H groups in total. The smallest absolute Gasteiger partial charge is 0.141 e. The van der Waals surface area contributed by atoms with Gasteiger partial charge in [0, 0.05) is 5.56 Å². The molecule has 3 nitrogen and oxygen atoms in total. The molecule has 20 heavy (non-hydrogen) atoms. The monoisotopic (exact) mass is 279 g/mol. The Labute approximate surface area is 115 Å². The average Bonchev–Trinajstić information content (AvgIpc) is 2.46. The molecular weight excluding hydrogens is 264 g/mol. The molecular formula is C15H15F2NO2. The van der Waals surface area contributed by atoms with Crippen molar-refractivity contribution in [2.45, 2.75) is 6.04 Å². The maximum Gasteiger partial charge on any atom is 0.141 e. The molecule has 0 bridgehead atoms. The van der Waals surface area contributed by atoms with Crippen LogP contribution >= 0.6 is 0 Å². The Bertz CT molecular complexity index is 570. The standard InChI is InChI=1S/C15H15F2NO2/c1-20-14-8-3-2-7-12(14)18-13(9-19)15-10(16)5-4-6-11(15)17/h2-8,13,18-19H,9H2,1H3. The summed E-state index contributed by atoms with van der Waals surface area (Å²) < 4.78 is 32.7. The maximum atomic E-state index is 13.8. The number of rotatable bonds is 5. The molecule has 0 saturated heterocycles. The molecule has 0 aromatic heterocycles. The topological polar surface area (TPSA) is 41.5 Å². The van der Waals surface area contributed by atoms with Gasteiger partial charge in [-0.1, -0.05) is 18.2 Å². The molecule has 0 aliphatic heterocycles. The van der Waals surface area contributed by atoms with Gasteiger partial charge in [0.25, 0.3) is 0 Å². The largest absolute Gasteiger partial charge is 0.495 e. The third-order valence-corrected chi connectivity index (χ3v) is 2.97. The van der Waals surface area contributed by atoms with Gasteiger partial charge in [0.15, 0.2) is 0 Å². The normalized spacial score (nSPS) is 12.0. The zero-order valence-electron chi connectivity index (χ0n) is 10.9. The van der Waals surface area contributed by atoms with Crippen LogP contribution < -0.4 is 10.1 Å². The molecule has 1 atom stereocenters. The van der Waals surface area contributed by atoms with Crippen LogP contribution in [0.1, 0.15) is 11.6 Å². The number of aliphatic hydroxyl groups excluding tert-OH is 1. The lowest BCUT2D eigenvalue weighted by Gasteiger charge is -2.20. The molecule has 2 aromatic carbocycles. The number of nitrogens with one attached hydrogen (secondary N) is 1. The lowest BCUT2D eigenvalue weighted by atomic mass is 10.1. The molecule has 1 unspecified atom stereocenters. The fourth-order valence-corrected chi connectivity index (χ4v) is 2.00. The molecule has 2 rings (SSSR count). The van der Waals surface area contributed by atoms with Crippen LogP contribution in [0.3, 0.4) is 0 Å². The lowest BCUT2D eigenvalue weighted by Crippen LogP contribution is -2.18. The molecule has 5 heteroatoms. The van der Waals surface area contributed by atoms with Crippen molar-refractivity contribution >= 4 is 5.69 Å². The summed E-state index contributed by atoms with van der Waals surface area (Å²) in [6, 6.07) is 9.67. The highest BCUT2D eigenvalue weighted by Crippen LogP contribution is 2.29. The fourth-order valence-electron chi connectivity index (χ4n) is 2.00. The van der Waals surface area contributed by atoms with Crippen molar-refractivity contribution in [3.63, 3.8) is 0 Å². The van der Waals surface area contributed by atoms with Gasteiger partial charge in [0.2, 0.25) is 0 Å². The predicted molar refractivity (Wildman–Crippen MR) is 72.8 cm³/mol. The average molecular weight is 279 g/mol. The van der Waals surface area contributed by atoms with Crippen molar-refractivity contribution in [3.8, 4) is 5.75 Å². The van der Waals surface area contributed by atoms with E-state index in [2.05, 4.69) is 5.32 Å². The first-order valence-electron chi connectivity index (χ1n) is 6.11. The van der Waals surface area contributed by atoms with Gasteiger partial charge < -0.3 is 15.2 Å². The van der Waals surface area contributed by atoms with Crippen molar-refractivity contribution < 1.29 is 18.6 Å². The number of anilines is 1. The molecule has 0 radical (unpaired) electrons. The minimum Gasteiger partial charge on any atom is -0.495 e. The van der Waals surface area contributed by atoms with E-state index in [1.165, 1.54) is 13.2 Å². The molecule has 2 aromatic rings. The van der Waals surface area contributed by atoms with Crippen LogP contribution in [0.5, 0.6) is 5.75 Å². The first-order valence-corrected chi connectivity index (χ1v) is 6.11. The molecule has 0 saturated carbocycles. The Balaban J connectivity index is 2.34. The summed E-state index contributed by atoms with van der Waals surface area (Å²) in [5, 5.41) is 12.3. The molecule has 0 fully saturated rings. The first-order chi connectivity index (χ1) is 9.67. The molecule has 0 amide bonds. The number of hydrogen-bond acceptors (Lipinski definition) is 3. The second-order valence-electron chi connectivity index (χ2n) is 4.22. The number of hydrogen-bond donors (Lipinski definition) is 2. The summed E-state index contributed by atoms with van der Waals surface area (Å²) in [5.41, 5.74) is 0.359. The highest BCUT2D eigenvalue weighted by atomic mass is 19.1. The van der Waals surface area contributed by atoms with E-state index in [-0.39, 0.29) is 5.56 Å². The van der Waals surface area contributed by atoms with E-state index < -0.39 is 24.3 Å². The van der Waals surface area contributed by atoms with Crippen molar-refractivity contribution in [2.75, 3.05) is 19.0 Å². The Morgan fingerprint density at radius 1 is 1.10 bits per heavy atom. The van der Waals surface area contributed by atoms with Gasteiger partial charge in [-0.05, 0) is 24.3 Å². The van der Waals surface area contributed by atoms with E-state index in [1.54, 1.807) is 24.3 Å². The van der Waals surface area contributed by atoms with Crippen LogP contribution in [0, 0.1) is 11.6 Å². The molecule has 0 heterocycles. The molecule has 0 aliphatic carbocycles. The van der Waals surface area contributed by atoms with E-state index >= 15 is 0 Å². The summed E-state index contributed by atoms with van der Waals surface area (Å²) >= 11 is 0. The van der Waals surface area contributed by atoms with Gasteiger partial charge in [0.05, 0.1) is 25.4 Å². The van der Waals surface area contributed by atoms with Crippen LogP contribution in [-0.2, 0) is 0 Å². The van der Waals surface area contributed by atoms with E-state index in [9.17, 15) is 13.9 Å². The lowest BCUT2D eigenvalue weighted by molar-refractivity contribution is 0.270. The number of halogens is 2. The van der Waals surface area contributed by atoms with Crippen LogP contribution in [0.15, 0.2) is 42.5 Å². The van der Waals surface area contributed by atoms with Gasteiger partial charge in [-0.2, -0.15) is 0 Å². The van der Waals surface area contributed by atoms with E-state index in [0.29, 0.717) is 11.4 Å². The van der Waals surface area contributed by atoms with Gasteiger partial charge in [-0.15, -0.1) is 0 Å². The number of ether oxygens (including phenoxy) is 1. The van der Waals surface area contributed by atoms with Crippen LogP contribution in [0.2, 0.25) is 0 Å². The van der Waals surface area contributed by atoms with Crippen molar-refractivity contribution in [3.05, 3.63) is 59.7 Å². The first kappa shape index (κ1) is 14.3. The zero-order chi connectivity index (χ0) is 14.5. The molecule has 0 spiro atoms. The zero-order valence-corrected chi connectivity index (χ0v) is 10.9. The number of methoxy groups -OCH3 is 1. The Kier molecular flexibility index (Phi) is 4.53. The minimum absolute atomic E-state index is 0.194. The number of benzene rings is 2. The number of aliphatic hydroxyl groups is 1. The Morgan fingerprint density at radius 3 is 2.35 bits per heavy atom. The van der Waals surface area contributed by atoms with Gasteiger partial charge in [0.1, 0.15) is 17.4 Å². The van der Waals surface area contributed by atoms with Crippen molar-refractivity contribution in [2.24, 2.45) is 0 Å².